The van der Waals surface area contributed by atoms with Crippen LogP contribution in [0.3, 0.4) is 0 Å². The van der Waals surface area contributed by atoms with Gasteiger partial charge in [0.25, 0.3) is 0 Å². The van der Waals surface area contributed by atoms with Crippen molar-refractivity contribution in [3.8, 4) is 0 Å². The minimum atomic E-state index is -0.766. The van der Waals surface area contributed by atoms with Gasteiger partial charge in [-0.25, -0.2) is 4.79 Å². The first-order valence-corrected chi connectivity index (χ1v) is 6.36. The molecular weight excluding hydrogens is 244 g/mol. The van der Waals surface area contributed by atoms with Gasteiger partial charge in [-0.3, -0.25) is 4.79 Å². The topological polar surface area (TPSA) is 52.6 Å². The van der Waals surface area contributed by atoms with Gasteiger partial charge < -0.3 is 9.47 Å². The van der Waals surface area contributed by atoms with Crippen LogP contribution in [0, 0.1) is 0 Å². The maximum atomic E-state index is 11.6. The molecule has 0 saturated carbocycles. The molecule has 0 spiro atoms. The Kier molecular flexibility index (Phi) is 6.22. The van der Waals surface area contributed by atoms with Gasteiger partial charge in [-0.2, -0.15) is 0 Å². The number of hydrogen-bond donors (Lipinski definition) is 0. The first kappa shape index (κ1) is 15.4. The number of benzene rings is 1. The molecule has 19 heavy (non-hydrogen) atoms. The van der Waals surface area contributed by atoms with Crippen LogP contribution >= 0.6 is 0 Å². The average molecular weight is 264 g/mol. The normalized spacial score (nSPS) is 12.2. The van der Waals surface area contributed by atoms with E-state index in [0.717, 1.165) is 5.56 Å². The number of hydrogen-bond acceptors (Lipinski definition) is 4. The molecule has 0 aliphatic rings. The van der Waals surface area contributed by atoms with Gasteiger partial charge in [0, 0.05) is 13.5 Å². The summed E-state index contributed by atoms with van der Waals surface area (Å²) in [6, 6.07) is 9.62. The summed E-state index contributed by atoms with van der Waals surface area (Å²) in [7, 11) is 1.59. The summed E-state index contributed by atoms with van der Waals surface area (Å²) in [6.45, 7) is 3.43. The lowest BCUT2D eigenvalue weighted by molar-refractivity contribution is -0.157. The van der Waals surface area contributed by atoms with Gasteiger partial charge in [0.15, 0.2) is 0 Å². The fraction of sp³-hybridized carbons (Fsp3) is 0.467. The van der Waals surface area contributed by atoms with Crippen LogP contribution in [0.25, 0.3) is 0 Å². The number of rotatable bonds is 7. The maximum absolute atomic E-state index is 11.6. The molecule has 104 valence electrons. The summed E-state index contributed by atoms with van der Waals surface area (Å²) >= 11 is 0. The Labute approximate surface area is 113 Å². The second kappa shape index (κ2) is 7.69. The third-order valence-electron chi connectivity index (χ3n) is 2.66. The Balaban J connectivity index is 2.50. The molecule has 1 unspecified atom stereocenters. The van der Waals surface area contributed by atoms with E-state index in [1.165, 1.54) is 0 Å². The average Bonchev–Trinajstić information content (AvgIpc) is 2.39. The molecule has 0 bridgehead atoms. The highest BCUT2D eigenvalue weighted by molar-refractivity contribution is 6.33. The molecule has 0 aliphatic carbocycles. The molecule has 4 heteroatoms. The molecule has 0 saturated heterocycles. The van der Waals surface area contributed by atoms with E-state index in [9.17, 15) is 9.59 Å². The molecule has 4 nitrogen and oxygen atoms in total. The van der Waals surface area contributed by atoms with Crippen LogP contribution in [0.4, 0.5) is 0 Å². The summed E-state index contributed by atoms with van der Waals surface area (Å²) in [6.07, 6.45) is 0.131. The zero-order valence-corrected chi connectivity index (χ0v) is 11.6. The Hall–Kier alpha value is -1.68. The lowest BCUT2D eigenvalue weighted by atomic mass is 10.0. The van der Waals surface area contributed by atoms with E-state index < -0.39 is 11.8 Å². The zero-order chi connectivity index (χ0) is 14.3. The van der Waals surface area contributed by atoms with Crippen LogP contribution in [-0.2, 0) is 19.1 Å². The van der Waals surface area contributed by atoms with Crippen molar-refractivity contribution in [2.24, 2.45) is 0 Å². The van der Waals surface area contributed by atoms with Gasteiger partial charge in [0.1, 0.15) is 0 Å². The molecule has 0 aliphatic heterocycles. The Morgan fingerprint density at radius 2 is 1.79 bits per heavy atom. The minimum Gasteiger partial charge on any atom is -0.457 e. The lowest BCUT2D eigenvalue weighted by Gasteiger charge is -2.15. The number of ketones is 1. The monoisotopic (exact) mass is 264 g/mol. The van der Waals surface area contributed by atoms with Crippen molar-refractivity contribution in [3.05, 3.63) is 35.9 Å². The predicted molar refractivity (Wildman–Crippen MR) is 71.7 cm³/mol. The third-order valence-corrected chi connectivity index (χ3v) is 2.66. The SMILES string of the molecule is COC(CCC(=O)C(=O)OC(C)C)c1ccccc1. The van der Waals surface area contributed by atoms with Gasteiger partial charge in [-0.05, 0) is 25.8 Å². The number of ether oxygens (including phenoxy) is 2. The van der Waals surface area contributed by atoms with E-state index in [-0.39, 0.29) is 18.6 Å². The molecular formula is C15H20O4. The molecule has 0 aromatic heterocycles. The van der Waals surface area contributed by atoms with E-state index in [2.05, 4.69) is 0 Å². The van der Waals surface area contributed by atoms with Crippen molar-refractivity contribution >= 4 is 11.8 Å². The van der Waals surface area contributed by atoms with Crippen LogP contribution in [0.15, 0.2) is 30.3 Å². The predicted octanol–water partition coefficient (Wildman–Crippen LogP) is 2.68. The van der Waals surface area contributed by atoms with Crippen molar-refractivity contribution in [3.63, 3.8) is 0 Å². The summed E-state index contributed by atoms with van der Waals surface area (Å²) in [5.41, 5.74) is 0.995. The Bertz CT molecular complexity index is 411. The van der Waals surface area contributed by atoms with Gasteiger partial charge in [0.05, 0.1) is 12.2 Å². The summed E-state index contributed by atoms with van der Waals surface area (Å²) in [4.78, 5) is 23.0. The van der Waals surface area contributed by atoms with E-state index >= 15 is 0 Å². The summed E-state index contributed by atoms with van der Waals surface area (Å²) < 4.78 is 10.2. The van der Waals surface area contributed by atoms with Crippen molar-refractivity contribution in [1.29, 1.82) is 0 Å². The largest absolute Gasteiger partial charge is 0.457 e. The van der Waals surface area contributed by atoms with Gasteiger partial charge in [-0.15, -0.1) is 0 Å². The van der Waals surface area contributed by atoms with Crippen molar-refractivity contribution < 1.29 is 19.1 Å². The second-order valence-electron chi connectivity index (χ2n) is 4.55. The highest BCUT2D eigenvalue weighted by atomic mass is 16.5. The molecule has 0 N–H and O–H groups in total. The van der Waals surface area contributed by atoms with Gasteiger partial charge >= 0.3 is 5.97 Å². The standard InChI is InChI=1S/C15H20O4/c1-11(2)19-15(17)13(16)9-10-14(18-3)12-7-5-4-6-8-12/h4-8,11,14H,9-10H2,1-3H3. The van der Waals surface area contributed by atoms with Gasteiger partial charge in [0.2, 0.25) is 5.78 Å². The number of esters is 1. The molecule has 1 atom stereocenters. The number of methoxy groups -OCH3 is 1. The van der Waals surface area contributed by atoms with Crippen LogP contribution in [0.5, 0.6) is 0 Å². The van der Waals surface area contributed by atoms with Crippen LogP contribution in [0.1, 0.15) is 38.4 Å². The van der Waals surface area contributed by atoms with Crippen LogP contribution < -0.4 is 0 Å². The molecule has 0 fully saturated rings. The van der Waals surface area contributed by atoms with E-state index in [4.69, 9.17) is 9.47 Å². The lowest BCUT2D eigenvalue weighted by Crippen LogP contribution is -2.21. The number of Topliss-reactive ketones (excluding diaryl/α,β-unsaturated/α-hetero) is 1. The summed E-state index contributed by atoms with van der Waals surface area (Å²) in [5, 5.41) is 0. The van der Waals surface area contributed by atoms with Crippen LogP contribution in [0.2, 0.25) is 0 Å². The quantitative estimate of drug-likeness (QED) is 0.561. The molecule has 0 amide bonds. The van der Waals surface area contributed by atoms with E-state index in [0.29, 0.717) is 6.42 Å². The minimum absolute atomic E-state index is 0.124. The van der Waals surface area contributed by atoms with Gasteiger partial charge in [-0.1, -0.05) is 30.3 Å². The number of carbonyl (C=O) groups excluding carboxylic acids is 2. The first-order valence-electron chi connectivity index (χ1n) is 6.36. The van der Waals surface area contributed by atoms with Crippen molar-refractivity contribution in [2.45, 2.75) is 38.9 Å². The van der Waals surface area contributed by atoms with E-state index in [1.807, 2.05) is 30.3 Å². The first-order chi connectivity index (χ1) is 9.04. The highest BCUT2D eigenvalue weighted by Crippen LogP contribution is 2.21. The molecule has 0 heterocycles. The fourth-order valence-corrected chi connectivity index (χ4v) is 1.73. The second-order valence-corrected chi connectivity index (χ2v) is 4.55. The Morgan fingerprint density at radius 1 is 1.16 bits per heavy atom. The van der Waals surface area contributed by atoms with Crippen molar-refractivity contribution in [1.82, 2.24) is 0 Å². The number of carbonyl (C=O) groups is 2. The highest BCUT2D eigenvalue weighted by Gasteiger charge is 2.19. The smallest absolute Gasteiger partial charge is 0.374 e. The summed E-state index contributed by atoms with van der Waals surface area (Å²) in [5.74, 6) is -1.27. The van der Waals surface area contributed by atoms with E-state index in [1.54, 1.807) is 21.0 Å². The molecule has 1 aromatic rings. The molecule has 1 rings (SSSR count). The molecule has 1 aromatic carbocycles. The third kappa shape index (κ3) is 5.22. The maximum Gasteiger partial charge on any atom is 0.374 e. The van der Waals surface area contributed by atoms with Crippen molar-refractivity contribution in [2.75, 3.05) is 7.11 Å². The fourth-order valence-electron chi connectivity index (χ4n) is 1.73. The molecule has 0 radical (unpaired) electrons. The van der Waals surface area contributed by atoms with Crippen LogP contribution in [-0.4, -0.2) is 25.0 Å². The zero-order valence-electron chi connectivity index (χ0n) is 11.6. The Morgan fingerprint density at radius 3 is 2.32 bits per heavy atom.